The lowest BCUT2D eigenvalue weighted by Crippen LogP contribution is -2.53. The fourth-order valence-corrected chi connectivity index (χ4v) is 3.09. The van der Waals surface area contributed by atoms with Gasteiger partial charge in [0.15, 0.2) is 0 Å². The molecule has 1 aliphatic heterocycles. The number of carbonyl (C=O) groups excluding carboxylic acids is 1. The summed E-state index contributed by atoms with van der Waals surface area (Å²) in [6, 6.07) is 2.27. The number of carbonyl (C=O) groups is 1. The lowest BCUT2D eigenvalue weighted by Gasteiger charge is -2.39. The van der Waals surface area contributed by atoms with E-state index in [1.54, 1.807) is 0 Å². The third-order valence-electron chi connectivity index (χ3n) is 4.60. The molecule has 3 atom stereocenters. The normalized spacial score (nSPS) is 29.8. The molecule has 1 aliphatic carbocycles. The molecule has 1 amide bonds. The van der Waals surface area contributed by atoms with Gasteiger partial charge in [0.25, 0.3) is 5.91 Å². The number of amides is 1. The molecule has 2 heterocycles. The summed E-state index contributed by atoms with van der Waals surface area (Å²) in [7, 11) is 1.99. The molecule has 3 rings (SSSR count). The highest BCUT2D eigenvalue weighted by Crippen LogP contribution is 2.38. The first-order valence-electron chi connectivity index (χ1n) is 6.63. The summed E-state index contributed by atoms with van der Waals surface area (Å²) in [4.78, 5) is 12.3. The van der Waals surface area contributed by atoms with Crippen LogP contribution in [0.15, 0.2) is 6.07 Å². The molecule has 0 spiro atoms. The molecular formula is C14H20N2O2. The molecule has 1 N–H and O–H groups in total. The number of nitrogens with zero attached hydrogens (tertiary/aromatic N) is 1. The molecule has 1 aromatic heterocycles. The zero-order valence-corrected chi connectivity index (χ0v) is 11.2. The molecule has 1 saturated heterocycles. The van der Waals surface area contributed by atoms with Gasteiger partial charge < -0.3 is 14.6 Å². The highest BCUT2D eigenvalue weighted by molar-refractivity contribution is 5.96. The first kappa shape index (κ1) is 11.8. The van der Waals surface area contributed by atoms with Crippen molar-refractivity contribution in [2.45, 2.75) is 38.8 Å². The van der Waals surface area contributed by atoms with Crippen LogP contribution in [0, 0.1) is 19.8 Å². The maximum absolute atomic E-state index is 12.3. The zero-order valence-electron chi connectivity index (χ0n) is 11.2. The molecular weight excluding hydrogens is 228 g/mol. The molecule has 18 heavy (non-hydrogen) atoms. The maximum atomic E-state index is 12.3. The summed E-state index contributed by atoms with van der Waals surface area (Å²) in [5, 5.41) is 3.15. The third kappa shape index (κ3) is 1.67. The summed E-state index contributed by atoms with van der Waals surface area (Å²) in [5.41, 5.74) is 2.95. The van der Waals surface area contributed by atoms with Gasteiger partial charge >= 0.3 is 0 Å². The van der Waals surface area contributed by atoms with Gasteiger partial charge in [-0.05, 0) is 32.8 Å². The van der Waals surface area contributed by atoms with E-state index in [0.29, 0.717) is 18.1 Å². The number of ether oxygens (including phenoxy) is 1. The number of aryl methyl sites for hydroxylation is 1. The second-order valence-corrected chi connectivity index (χ2v) is 5.52. The Labute approximate surface area is 107 Å². The molecule has 98 valence electrons. The standard InChI is InChI=1S/C14H20N2O2/c1-8-6-11(9(2)16(8)3)14(17)15-12-7-13-10(12)4-5-18-13/h6,10,12-13H,4-5,7H2,1-3H3,(H,15,17)/t10-,12-,13+/m1/s1. The van der Waals surface area contributed by atoms with Crippen LogP contribution in [0.25, 0.3) is 0 Å². The Morgan fingerprint density at radius 1 is 1.50 bits per heavy atom. The van der Waals surface area contributed by atoms with Crippen LogP contribution in [0.5, 0.6) is 0 Å². The van der Waals surface area contributed by atoms with Gasteiger partial charge in [0.05, 0.1) is 11.7 Å². The minimum Gasteiger partial charge on any atom is -0.378 e. The van der Waals surface area contributed by atoms with E-state index in [-0.39, 0.29) is 5.91 Å². The predicted octanol–water partition coefficient (Wildman–Crippen LogP) is 1.55. The third-order valence-corrected chi connectivity index (χ3v) is 4.60. The van der Waals surface area contributed by atoms with E-state index in [4.69, 9.17) is 4.74 Å². The molecule has 1 saturated carbocycles. The van der Waals surface area contributed by atoms with Gasteiger partial charge in [0, 0.05) is 37.0 Å². The zero-order chi connectivity index (χ0) is 12.9. The van der Waals surface area contributed by atoms with Crippen molar-refractivity contribution in [1.82, 2.24) is 9.88 Å². The molecule has 2 aliphatic rings. The lowest BCUT2D eigenvalue weighted by molar-refractivity contribution is 0.00809. The van der Waals surface area contributed by atoms with E-state index < -0.39 is 0 Å². The summed E-state index contributed by atoms with van der Waals surface area (Å²) in [6.07, 6.45) is 2.46. The summed E-state index contributed by atoms with van der Waals surface area (Å²) < 4.78 is 7.61. The molecule has 0 radical (unpaired) electrons. The van der Waals surface area contributed by atoms with Crippen LogP contribution in [0.4, 0.5) is 0 Å². The van der Waals surface area contributed by atoms with Gasteiger partial charge in [0.2, 0.25) is 0 Å². The molecule has 0 bridgehead atoms. The lowest BCUT2D eigenvalue weighted by atomic mass is 9.76. The minimum atomic E-state index is 0.0616. The van der Waals surface area contributed by atoms with Crippen LogP contribution in [-0.4, -0.2) is 29.2 Å². The first-order valence-corrected chi connectivity index (χ1v) is 6.63. The average molecular weight is 248 g/mol. The summed E-state index contributed by atoms with van der Waals surface area (Å²) >= 11 is 0. The number of nitrogens with one attached hydrogen (secondary N) is 1. The van der Waals surface area contributed by atoms with E-state index in [1.807, 2.05) is 27.0 Å². The van der Waals surface area contributed by atoms with Crippen molar-refractivity contribution in [1.29, 1.82) is 0 Å². The monoisotopic (exact) mass is 248 g/mol. The average Bonchev–Trinajstić information content (AvgIpc) is 2.82. The number of hydrogen-bond acceptors (Lipinski definition) is 2. The fraction of sp³-hybridized carbons (Fsp3) is 0.643. The van der Waals surface area contributed by atoms with Crippen molar-refractivity contribution in [3.05, 3.63) is 23.0 Å². The van der Waals surface area contributed by atoms with Crippen molar-refractivity contribution in [2.75, 3.05) is 6.61 Å². The maximum Gasteiger partial charge on any atom is 0.253 e. The number of hydrogen-bond donors (Lipinski definition) is 1. The predicted molar refractivity (Wildman–Crippen MR) is 68.6 cm³/mol. The Morgan fingerprint density at radius 3 is 2.89 bits per heavy atom. The van der Waals surface area contributed by atoms with Crippen molar-refractivity contribution in [2.24, 2.45) is 13.0 Å². The topological polar surface area (TPSA) is 43.3 Å². The van der Waals surface area contributed by atoms with Crippen molar-refractivity contribution in [3.63, 3.8) is 0 Å². The fourth-order valence-electron chi connectivity index (χ4n) is 3.09. The van der Waals surface area contributed by atoms with E-state index in [1.165, 1.54) is 0 Å². The van der Waals surface area contributed by atoms with Gasteiger partial charge in [-0.2, -0.15) is 0 Å². The Hall–Kier alpha value is -1.29. The van der Waals surface area contributed by atoms with E-state index in [9.17, 15) is 4.79 Å². The molecule has 4 heteroatoms. The largest absolute Gasteiger partial charge is 0.378 e. The second-order valence-electron chi connectivity index (χ2n) is 5.52. The SMILES string of the molecule is Cc1cc(C(=O)N[C@@H]2C[C@@H]3OCC[C@@H]32)c(C)n1C. The van der Waals surface area contributed by atoms with Gasteiger partial charge in [0.1, 0.15) is 0 Å². The first-order chi connectivity index (χ1) is 8.58. The Kier molecular flexibility index (Phi) is 2.70. The van der Waals surface area contributed by atoms with Crippen molar-refractivity contribution < 1.29 is 9.53 Å². The van der Waals surface area contributed by atoms with E-state index in [2.05, 4.69) is 9.88 Å². The van der Waals surface area contributed by atoms with Crippen molar-refractivity contribution >= 4 is 5.91 Å². The summed E-state index contributed by atoms with van der Waals surface area (Å²) in [6.45, 7) is 4.86. The van der Waals surface area contributed by atoms with Gasteiger partial charge in [-0.3, -0.25) is 4.79 Å². The van der Waals surface area contributed by atoms with E-state index >= 15 is 0 Å². The molecule has 2 fully saturated rings. The molecule has 4 nitrogen and oxygen atoms in total. The number of fused-ring (bicyclic) bond motifs is 1. The second kappa shape index (κ2) is 4.12. The van der Waals surface area contributed by atoms with Crippen LogP contribution >= 0.6 is 0 Å². The van der Waals surface area contributed by atoms with Crippen LogP contribution in [0.3, 0.4) is 0 Å². The Balaban J connectivity index is 1.70. The van der Waals surface area contributed by atoms with Crippen LogP contribution in [-0.2, 0) is 11.8 Å². The van der Waals surface area contributed by atoms with Gasteiger partial charge in [-0.1, -0.05) is 0 Å². The minimum absolute atomic E-state index is 0.0616. The summed E-state index contributed by atoms with van der Waals surface area (Å²) in [5.74, 6) is 0.602. The number of aromatic nitrogens is 1. The smallest absolute Gasteiger partial charge is 0.253 e. The number of rotatable bonds is 2. The molecule has 1 aromatic rings. The molecule has 0 unspecified atom stereocenters. The van der Waals surface area contributed by atoms with Crippen molar-refractivity contribution in [3.8, 4) is 0 Å². The van der Waals surface area contributed by atoms with E-state index in [0.717, 1.165) is 36.4 Å². The highest BCUT2D eigenvalue weighted by Gasteiger charge is 2.45. The Bertz CT molecular complexity index is 492. The Morgan fingerprint density at radius 2 is 2.28 bits per heavy atom. The van der Waals surface area contributed by atoms with Crippen LogP contribution in [0.2, 0.25) is 0 Å². The van der Waals surface area contributed by atoms with Gasteiger partial charge in [-0.25, -0.2) is 0 Å². The van der Waals surface area contributed by atoms with Crippen LogP contribution in [0.1, 0.15) is 34.6 Å². The van der Waals surface area contributed by atoms with Gasteiger partial charge in [-0.15, -0.1) is 0 Å². The highest BCUT2D eigenvalue weighted by atomic mass is 16.5. The molecule has 0 aromatic carbocycles. The van der Waals surface area contributed by atoms with Crippen LogP contribution < -0.4 is 5.32 Å². The quantitative estimate of drug-likeness (QED) is 0.863.